The summed E-state index contributed by atoms with van der Waals surface area (Å²) >= 11 is 1.57. The molecule has 0 radical (unpaired) electrons. The third-order valence-corrected chi connectivity index (χ3v) is 7.10. The lowest BCUT2D eigenvalue weighted by molar-refractivity contribution is -0.905. The molecule has 1 fully saturated rings. The van der Waals surface area contributed by atoms with Crippen LogP contribution in [0.15, 0.2) is 0 Å². The second-order valence-corrected chi connectivity index (χ2v) is 9.36. The molecule has 0 saturated carbocycles. The van der Waals surface area contributed by atoms with E-state index in [9.17, 15) is 9.59 Å². The number of piperidine rings is 1. The van der Waals surface area contributed by atoms with Gasteiger partial charge in [0.25, 0.3) is 0 Å². The summed E-state index contributed by atoms with van der Waals surface area (Å²) in [6.45, 7) is 9.91. The predicted octanol–water partition coefficient (Wildman–Crippen LogP) is 2.69. The number of amides is 1. The number of likely N-dealkylation sites (tertiary alicyclic amines) is 1. The Morgan fingerprint density at radius 2 is 1.93 bits per heavy atom. The first kappa shape index (κ1) is 20.3. The van der Waals surface area contributed by atoms with Crippen LogP contribution in [-0.2, 0) is 22.4 Å². The minimum Gasteiger partial charge on any atom is -0.462 e. The number of hydrogen-bond acceptors (Lipinski definition) is 4. The lowest BCUT2D eigenvalue weighted by Gasteiger charge is -2.27. The number of esters is 1. The van der Waals surface area contributed by atoms with Crippen molar-refractivity contribution in [3.8, 4) is 0 Å². The smallest absolute Gasteiger partial charge is 0.341 e. The van der Waals surface area contributed by atoms with E-state index in [0.717, 1.165) is 50.4 Å². The molecule has 2 aliphatic rings. The molecule has 2 heterocycles. The quantitative estimate of drug-likeness (QED) is 0.731. The summed E-state index contributed by atoms with van der Waals surface area (Å²) in [6.07, 6.45) is 5.97. The number of quaternary nitrogens is 1. The van der Waals surface area contributed by atoms with Crippen LogP contribution in [0.4, 0.5) is 5.00 Å². The van der Waals surface area contributed by atoms with Crippen LogP contribution >= 0.6 is 11.3 Å². The van der Waals surface area contributed by atoms with Gasteiger partial charge < -0.3 is 15.0 Å². The average Bonchev–Trinajstić information content (AvgIpc) is 2.98. The summed E-state index contributed by atoms with van der Waals surface area (Å²) in [7, 11) is 0. The number of thiophene rings is 1. The van der Waals surface area contributed by atoms with Crippen LogP contribution in [0.5, 0.6) is 0 Å². The number of carbonyl (C=O) groups excluding carboxylic acids is 2. The Kier molecular flexibility index (Phi) is 6.93. The molecule has 6 heteroatoms. The lowest BCUT2D eigenvalue weighted by Crippen LogP contribution is -3.13. The van der Waals surface area contributed by atoms with Crippen LogP contribution in [0.25, 0.3) is 0 Å². The number of nitrogens with one attached hydrogen (secondary N) is 2. The van der Waals surface area contributed by atoms with Gasteiger partial charge in [-0.05, 0) is 56.4 Å². The van der Waals surface area contributed by atoms with Crippen molar-refractivity contribution < 1.29 is 19.2 Å². The molecule has 27 heavy (non-hydrogen) atoms. The first-order valence-electron chi connectivity index (χ1n) is 10.4. The lowest BCUT2D eigenvalue weighted by atomic mass is 9.88. The summed E-state index contributed by atoms with van der Waals surface area (Å²) < 4.78 is 5.28. The van der Waals surface area contributed by atoms with Gasteiger partial charge in [0.05, 0.1) is 38.2 Å². The van der Waals surface area contributed by atoms with E-state index in [-0.39, 0.29) is 11.9 Å². The fourth-order valence-electron chi connectivity index (χ4n) is 4.16. The molecule has 1 aromatic heterocycles. The molecule has 1 aliphatic carbocycles. The number of hydrogen-bond donors (Lipinski definition) is 2. The van der Waals surface area contributed by atoms with Gasteiger partial charge >= 0.3 is 5.97 Å². The van der Waals surface area contributed by atoms with E-state index in [1.807, 2.05) is 6.92 Å². The van der Waals surface area contributed by atoms with Crippen molar-refractivity contribution in [3.63, 3.8) is 0 Å². The maximum absolute atomic E-state index is 12.6. The van der Waals surface area contributed by atoms with Gasteiger partial charge in [0, 0.05) is 4.88 Å². The Labute approximate surface area is 166 Å². The Bertz CT molecular complexity index is 677. The third-order valence-electron chi connectivity index (χ3n) is 5.93. The Hall–Kier alpha value is -1.40. The van der Waals surface area contributed by atoms with E-state index < -0.39 is 0 Å². The molecular formula is C21H33N2O3S+. The summed E-state index contributed by atoms with van der Waals surface area (Å²) in [5, 5.41) is 3.73. The molecule has 5 nitrogen and oxygen atoms in total. The van der Waals surface area contributed by atoms with E-state index in [1.165, 1.54) is 22.6 Å². The Morgan fingerprint density at radius 1 is 1.19 bits per heavy atom. The zero-order valence-electron chi connectivity index (χ0n) is 16.9. The van der Waals surface area contributed by atoms with Gasteiger partial charge in [-0.25, -0.2) is 4.79 Å². The molecule has 0 spiro atoms. The number of anilines is 1. The van der Waals surface area contributed by atoms with E-state index in [0.29, 0.717) is 29.5 Å². The second-order valence-electron chi connectivity index (χ2n) is 8.26. The van der Waals surface area contributed by atoms with E-state index in [1.54, 1.807) is 11.3 Å². The monoisotopic (exact) mass is 393 g/mol. The number of rotatable bonds is 6. The van der Waals surface area contributed by atoms with Crippen molar-refractivity contribution in [1.82, 2.24) is 0 Å². The van der Waals surface area contributed by atoms with Crippen LogP contribution < -0.4 is 10.2 Å². The number of ether oxygens (including phenoxy) is 1. The summed E-state index contributed by atoms with van der Waals surface area (Å²) in [6, 6.07) is 0. The highest BCUT2D eigenvalue weighted by molar-refractivity contribution is 7.17. The molecule has 1 aromatic rings. The zero-order valence-corrected chi connectivity index (χ0v) is 17.7. The molecule has 0 bridgehead atoms. The van der Waals surface area contributed by atoms with Crippen molar-refractivity contribution in [3.05, 3.63) is 16.0 Å². The molecule has 150 valence electrons. The molecular weight excluding hydrogens is 360 g/mol. The van der Waals surface area contributed by atoms with E-state index in [2.05, 4.69) is 19.2 Å². The molecule has 1 saturated heterocycles. The van der Waals surface area contributed by atoms with Crippen LogP contribution in [0, 0.1) is 11.8 Å². The zero-order chi connectivity index (χ0) is 19.4. The van der Waals surface area contributed by atoms with Crippen LogP contribution in [0.1, 0.15) is 67.3 Å². The van der Waals surface area contributed by atoms with E-state index in [4.69, 9.17) is 4.74 Å². The van der Waals surface area contributed by atoms with Crippen molar-refractivity contribution in [2.75, 3.05) is 31.6 Å². The molecule has 2 N–H and O–H groups in total. The van der Waals surface area contributed by atoms with Crippen molar-refractivity contribution in [1.29, 1.82) is 0 Å². The summed E-state index contributed by atoms with van der Waals surface area (Å²) in [5.74, 6) is 1.16. The Balaban J connectivity index is 1.66. The Morgan fingerprint density at radius 3 is 2.63 bits per heavy atom. The standard InChI is InChI=1S/C21H32N2O3S/c1-4-26-21(25)19-16-6-5-15(3)13-17(16)27-20(19)22-18(24)9-12-23-10-7-14(2)8-11-23/h14-15H,4-13H2,1-3H3,(H,22,24)/p+1. The van der Waals surface area contributed by atoms with Gasteiger partial charge in [-0.15, -0.1) is 11.3 Å². The van der Waals surface area contributed by atoms with Gasteiger partial charge in [0.15, 0.2) is 0 Å². The van der Waals surface area contributed by atoms with Crippen LogP contribution in [0.3, 0.4) is 0 Å². The molecule has 0 aromatic carbocycles. The average molecular weight is 394 g/mol. The molecule has 1 unspecified atom stereocenters. The summed E-state index contributed by atoms with van der Waals surface area (Å²) in [4.78, 5) is 27.8. The fraction of sp³-hybridized carbons (Fsp3) is 0.714. The SMILES string of the molecule is CCOC(=O)c1c(NC(=O)CC[NH+]2CCC(C)CC2)sc2c1CCC(C)C2. The van der Waals surface area contributed by atoms with Gasteiger partial charge in [0.2, 0.25) is 5.91 Å². The highest BCUT2D eigenvalue weighted by Gasteiger charge is 2.29. The highest BCUT2D eigenvalue weighted by atomic mass is 32.1. The normalized spacial score (nSPS) is 24.9. The van der Waals surface area contributed by atoms with Gasteiger partial charge in [0.1, 0.15) is 5.00 Å². The van der Waals surface area contributed by atoms with Gasteiger partial charge in [-0.2, -0.15) is 0 Å². The highest BCUT2D eigenvalue weighted by Crippen LogP contribution is 2.40. The third kappa shape index (κ3) is 5.11. The van der Waals surface area contributed by atoms with Crippen molar-refractivity contribution >= 4 is 28.2 Å². The van der Waals surface area contributed by atoms with Crippen molar-refractivity contribution in [2.24, 2.45) is 11.8 Å². The van der Waals surface area contributed by atoms with Crippen molar-refractivity contribution in [2.45, 2.75) is 59.3 Å². The topological polar surface area (TPSA) is 59.8 Å². The van der Waals surface area contributed by atoms with Gasteiger partial charge in [-0.3, -0.25) is 4.79 Å². The van der Waals surface area contributed by atoms with Gasteiger partial charge in [-0.1, -0.05) is 13.8 Å². The largest absolute Gasteiger partial charge is 0.462 e. The predicted molar refractivity (Wildman–Crippen MR) is 109 cm³/mol. The molecule has 1 aliphatic heterocycles. The van der Waals surface area contributed by atoms with Crippen LogP contribution in [0.2, 0.25) is 0 Å². The minimum absolute atomic E-state index is 0.0123. The molecule has 3 rings (SSSR count). The maximum atomic E-state index is 12.6. The van der Waals surface area contributed by atoms with E-state index >= 15 is 0 Å². The molecule has 1 amide bonds. The second kappa shape index (κ2) is 9.20. The number of carbonyl (C=O) groups is 2. The fourth-order valence-corrected chi connectivity index (χ4v) is 5.57. The molecule has 1 atom stereocenters. The van der Waals surface area contributed by atoms with Crippen LogP contribution in [-0.4, -0.2) is 38.1 Å². The maximum Gasteiger partial charge on any atom is 0.341 e. The minimum atomic E-state index is -0.296. The first-order valence-corrected chi connectivity index (χ1v) is 11.2. The summed E-state index contributed by atoms with van der Waals surface area (Å²) in [5.41, 5.74) is 1.71. The number of fused-ring (bicyclic) bond motifs is 1. The first-order chi connectivity index (χ1) is 13.0.